The van der Waals surface area contributed by atoms with Gasteiger partial charge in [0.05, 0.1) is 22.4 Å². The van der Waals surface area contributed by atoms with Crippen molar-refractivity contribution in [2.24, 2.45) is 5.92 Å². The molecule has 0 aliphatic carbocycles. The Balaban J connectivity index is 1.66. The van der Waals surface area contributed by atoms with Crippen molar-refractivity contribution < 1.29 is 9.53 Å². The number of nitrogens with zero attached hydrogens (tertiary/aromatic N) is 3. The Kier molecular flexibility index (Phi) is 9.22. The Morgan fingerprint density at radius 2 is 1.81 bits per heavy atom. The molecule has 1 atom stereocenters. The van der Waals surface area contributed by atoms with Gasteiger partial charge in [0.2, 0.25) is 0 Å². The molecule has 1 amide bonds. The summed E-state index contributed by atoms with van der Waals surface area (Å²) in [6.07, 6.45) is 8.52. The van der Waals surface area contributed by atoms with Crippen LogP contribution in [0.25, 0.3) is 23.0 Å². The van der Waals surface area contributed by atoms with Gasteiger partial charge in [-0.25, -0.2) is 4.68 Å². The van der Waals surface area contributed by atoms with Gasteiger partial charge in [-0.1, -0.05) is 75.3 Å². The fourth-order valence-electron chi connectivity index (χ4n) is 4.37. The number of hydrogen-bond donors (Lipinski definition) is 0. The Hall–Kier alpha value is -2.90. The number of hydrogen-bond acceptors (Lipinski definition) is 5. The van der Waals surface area contributed by atoms with E-state index in [2.05, 4.69) is 13.8 Å². The summed E-state index contributed by atoms with van der Waals surface area (Å²) in [5.41, 5.74) is 3.59. The summed E-state index contributed by atoms with van der Waals surface area (Å²) >= 11 is 7.02. The summed E-state index contributed by atoms with van der Waals surface area (Å²) in [4.78, 5) is 15.9. The van der Waals surface area contributed by atoms with Gasteiger partial charge in [0.1, 0.15) is 10.1 Å². The lowest BCUT2D eigenvalue weighted by Crippen LogP contribution is -2.33. The zero-order chi connectivity index (χ0) is 26.4. The molecule has 2 aromatic carbocycles. The van der Waals surface area contributed by atoms with E-state index in [0.29, 0.717) is 21.7 Å². The number of benzene rings is 2. The van der Waals surface area contributed by atoms with E-state index in [-0.39, 0.29) is 12.0 Å². The molecule has 1 aromatic heterocycles. The number of ether oxygens (including phenoxy) is 1. The third kappa shape index (κ3) is 6.70. The van der Waals surface area contributed by atoms with Gasteiger partial charge in [-0.15, -0.1) is 0 Å². The smallest absolute Gasteiger partial charge is 0.266 e. The summed E-state index contributed by atoms with van der Waals surface area (Å²) in [7, 11) is 0. The van der Waals surface area contributed by atoms with Gasteiger partial charge in [0, 0.05) is 23.9 Å². The number of thiocarbonyl (C=S) groups is 1. The number of thioether (sulfide) groups is 1. The van der Waals surface area contributed by atoms with E-state index in [1.54, 1.807) is 4.90 Å². The van der Waals surface area contributed by atoms with E-state index in [1.165, 1.54) is 18.2 Å². The second-order valence-electron chi connectivity index (χ2n) is 9.61. The van der Waals surface area contributed by atoms with Gasteiger partial charge in [-0.05, 0) is 68.7 Å². The molecule has 7 heteroatoms. The molecule has 194 valence electrons. The minimum atomic E-state index is -0.0101. The van der Waals surface area contributed by atoms with Crippen LogP contribution in [0.15, 0.2) is 65.7 Å². The average molecular weight is 534 g/mol. The highest BCUT2D eigenvalue weighted by Gasteiger charge is 2.33. The highest BCUT2D eigenvalue weighted by molar-refractivity contribution is 8.26. The minimum absolute atomic E-state index is 0.0101. The quantitative estimate of drug-likeness (QED) is 0.186. The molecule has 2 heterocycles. The maximum Gasteiger partial charge on any atom is 0.266 e. The molecular weight excluding hydrogens is 498 g/mol. The van der Waals surface area contributed by atoms with Gasteiger partial charge in [0.15, 0.2) is 0 Å². The van der Waals surface area contributed by atoms with Crippen molar-refractivity contribution in [3.8, 4) is 22.7 Å². The predicted molar refractivity (Wildman–Crippen MR) is 158 cm³/mol. The van der Waals surface area contributed by atoms with Crippen LogP contribution in [0, 0.1) is 5.92 Å². The number of carbonyl (C=O) groups excluding carboxylic acids is 1. The highest BCUT2D eigenvalue weighted by Crippen LogP contribution is 2.36. The summed E-state index contributed by atoms with van der Waals surface area (Å²) < 4.78 is 8.31. The summed E-state index contributed by atoms with van der Waals surface area (Å²) in [5.74, 6) is 1.27. The average Bonchev–Trinajstić information content (AvgIpc) is 3.43. The molecule has 1 aliphatic rings. The SMILES string of the molecule is CCCC[C@H](CC)CN1C(=O)/C(=C/c2cn(-c3ccccc3)nc2-c2ccc(OC(C)C)cc2)SC1=S. The number of para-hydroxylation sites is 1. The Labute approximate surface area is 229 Å². The summed E-state index contributed by atoms with van der Waals surface area (Å²) in [6, 6.07) is 17.9. The van der Waals surface area contributed by atoms with Crippen LogP contribution in [-0.2, 0) is 4.79 Å². The zero-order valence-corrected chi connectivity index (χ0v) is 23.6. The van der Waals surface area contributed by atoms with Crippen molar-refractivity contribution in [3.63, 3.8) is 0 Å². The molecule has 5 nitrogen and oxygen atoms in total. The van der Waals surface area contributed by atoms with Crippen LogP contribution in [0.5, 0.6) is 5.75 Å². The van der Waals surface area contributed by atoms with Crippen LogP contribution in [0.3, 0.4) is 0 Å². The fourth-order valence-corrected chi connectivity index (χ4v) is 5.63. The number of unbranched alkanes of at least 4 members (excludes halogenated alkanes) is 1. The van der Waals surface area contributed by atoms with Crippen LogP contribution >= 0.6 is 24.0 Å². The van der Waals surface area contributed by atoms with Crippen LogP contribution in [0.2, 0.25) is 0 Å². The lowest BCUT2D eigenvalue weighted by Gasteiger charge is -2.21. The van der Waals surface area contributed by atoms with Crippen LogP contribution in [0.1, 0.15) is 58.9 Å². The van der Waals surface area contributed by atoms with Crippen molar-refractivity contribution >= 4 is 40.3 Å². The molecule has 0 radical (unpaired) electrons. The topological polar surface area (TPSA) is 47.4 Å². The van der Waals surface area contributed by atoms with Crippen LogP contribution < -0.4 is 4.74 Å². The standard InChI is InChI=1S/C30H35N3O2S2/c1-5-7-11-22(6-2)19-32-29(34)27(37-30(32)36)18-24-20-33(25-12-9-8-10-13-25)31-28(24)23-14-16-26(17-15-23)35-21(3)4/h8-10,12-18,20-22H,5-7,11,19H2,1-4H3/b27-18-/t22-/m0/s1. The number of amides is 1. The van der Waals surface area contributed by atoms with E-state index < -0.39 is 0 Å². The molecule has 0 bridgehead atoms. The van der Waals surface area contributed by atoms with Crippen molar-refractivity contribution in [2.45, 2.75) is 59.5 Å². The van der Waals surface area contributed by atoms with Crippen LogP contribution in [-0.4, -0.2) is 37.6 Å². The Morgan fingerprint density at radius 3 is 2.46 bits per heavy atom. The first-order chi connectivity index (χ1) is 17.9. The molecule has 1 aliphatic heterocycles. The van der Waals surface area contributed by atoms with Crippen molar-refractivity contribution in [1.29, 1.82) is 0 Å². The molecule has 1 saturated heterocycles. The monoisotopic (exact) mass is 533 g/mol. The first kappa shape index (κ1) is 27.1. The summed E-state index contributed by atoms with van der Waals surface area (Å²) in [6.45, 7) is 9.10. The van der Waals surface area contributed by atoms with Crippen molar-refractivity contribution in [1.82, 2.24) is 14.7 Å². The summed E-state index contributed by atoms with van der Waals surface area (Å²) in [5, 5.41) is 4.91. The van der Waals surface area contributed by atoms with E-state index in [0.717, 1.165) is 47.5 Å². The minimum Gasteiger partial charge on any atom is -0.491 e. The first-order valence-corrected chi connectivity index (χ1v) is 14.3. The molecular formula is C30H35N3O2S2. The first-order valence-electron chi connectivity index (χ1n) is 13.1. The third-order valence-corrected chi connectivity index (χ3v) is 7.78. The van der Waals surface area contributed by atoms with Gasteiger partial charge in [-0.2, -0.15) is 5.10 Å². The largest absolute Gasteiger partial charge is 0.491 e. The number of carbonyl (C=O) groups is 1. The Morgan fingerprint density at radius 1 is 1.08 bits per heavy atom. The lowest BCUT2D eigenvalue weighted by molar-refractivity contribution is -0.122. The van der Waals surface area contributed by atoms with E-state index in [4.69, 9.17) is 22.1 Å². The maximum atomic E-state index is 13.4. The van der Waals surface area contributed by atoms with E-state index in [1.807, 2.05) is 85.4 Å². The normalized spacial score (nSPS) is 15.7. The second-order valence-corrected chi connectivity index (χ2v) is 11.3. The van der Waals surface area contributed by atoms with Gasteiger partial charge in [0.25, 0.3) is 5.91 Å². The molecule has 3 aromatic rings. The van der Waals surface area contributed by atoms with Gasteiger partial charge in [-0.3, -0.25) is 9.69 Å². The van der Waals surface area contributed by atoms with Crippen LogP contribution in [0.4, 0.5) is 0 Å². The zero-order valence-electron chi connectivity index (χ0n) is 22.0. The highest BCUT2D eigenvalue weighted by atomic mass is 32.2. The van der Waals surface area contributed by atoms with Gasteiger partial charge < -0.3 is 4.74 Å². The lowest BCUT2D eigenvalue weighted by atomic mass is 9.99. The van der Waals surface area contributed by atoms with E-state index in [9.17, 15) is 4.79 Å². The fraction of sp³-hybridized carbons (Fsp3) is 0.367. The van der Waals surface area contributed by atoms with E-state index >= 15 is 0 Å². The Bertz CT molecular complexity index is 1250. The third-order valence-electron chi connectivity index (χ3n) is 6.41. The predicted octanol–water partition coefficient (Wildman–Crippen LogP) is 7.74. The second kappa shape index (κ2) is 12.6. The van der Waals surface area contributed by atoms with Gasteiger partial charge >= 0.3 is 0 Å². The molecule has 0 N–H and O–H groups in total. The van der Waals surface area contributed by atoms with Crippen molar-refractivity contribution in [2.75, 3.05) is 6.54 Å². The number of aromatic nitrogens is 2. The molecule has 0 spiro atoms. The van der Waals surface area contributed by atoms with Crippen molar-refractivity contribution in [3.05, 3.63) is 71.3 Å². The molecule has 37 heavy (non-hydrogen) atoms. The molecule has 0 saturated carbocycles. The molecule has 1 fully saturated rings. The maximum absolute atomic E-state index is 13.4. The molecule has 4 rings (SSSR count). The number of rotatable bonds is 11. The molecule has 0 unspecified atom stereocenters.